The first-order valence-corrected chi connectivity index (χ1v) is 9.07. The molecule has 2 heterocycles. The number of hydrogen-bond acceptors (Lipinski definition) is 4. The number of benzene rings is 1. The Labute approximate surface area is 159 Å². The van der Waals surface area contributed by atoms with Crippen molar-refractivity contribution in [2.24, 2.45) is 0 Å². The van der Waals surface area contributed by atoms with Crippen molar-refractivity contribution in [2.45, 2.75) is 40.7 Å². The predicted molar refractivity (Wildman–Crippen MR) is 107 cm³/mol. The maximum absolute atomic E-state index is 12.7. The summed E-state index contributed by atoms with van der Waals surface area (Å²) in [5.74, 6) is 0.614. The van der Waals surface area contributed by atoms with E-state index in [-0.39, 0.29) is 11.9 Å². The van der Waals surface area contributed by atoms with Crippen molar-refractivity contribution < 1.29 is 9.53 Å². The van der Waals surface area contributed by atoms with Crippen molar-refractivity contribution in [3.63, 3.8) is 0 Å². The van der Waals surface area contributed by atoms with Crippen molar-refractivity contribution in [2.75, 3.05) is 13.7 Å². The van der Waals surface area contributed by atoms with Gasteiger partial charge in [0.25, 0.3) is 5.91 Å². The monoisotopic (exact) mass is 366 g/mol. The molecule has 142 valence electrons. The molecule has 3 aromatic rings. The van der Waals surface area contributed by atoms with Gasteiger partial charge in [0.2, 0.25) is 0 Å². The summed E-state index contributed by atoms with van der Waals surface area (Å²) in [6.45, 7) is 10.5. The lowest BCUT2D eigenvalue weighted by molar-refractivity contribution is 0.0947. The highest BCUT2D eigenvalue weighted by Crippen LogP contribution is 2.22. The average Bonchev–Trinajstić information content (AvgIpc) is 2.92. The normalized spacial score (nSPS) is 12.2. The van der Waals surface area contributed by atoms with Crippen molar-refractivity contribution in [3.05, 3.63) is 52.5 Å². The Morgan fingerprint density at radius 1 is 1.19 bits per heavy atom. The van der Waals surface area contributed by atoms with Crippen LogP contribution in [0.1, 0.15) is 46.0 Å². The van der Waals surface area contributed by atoms with Crippen LogP contribution in [0.2, 0.25) is 0 Å². The summed E-state index contributed by atoms with van der Waals surface area (Å²) in [7, 11) is 1.62. The summed E-state index contributed by atoms with van der Waals surface area (Å²) in [6, 6.07) is 7.59. The number of methoxy groups -OCH3 is 1. The maximum Gasteiger partial charge on any atom is 0.253 e. The Kier molecular flexibility index (Phi) is 5.17. The first kappa shape index (κ1) is 18.9. The predicted octanol–water partition coefficient (Wildman–Crippen LogP) is 3.66. The van der Waals surface area contributed by atoms with E-state index in [0.717, 1.165) is 28.0 Å². The number of hydrogen-bond donors (Lipinski definition) is 1. The number of aromatic nitrogens is 3. The minimum absolute atomic E-state index is 0.0650. The van der Waals surface area contributed by atoms with Gasteiger partial charge in [0, 0.05) is 17.6 Å². The molecule has 0 bridgehead atoms. The molecule has 1 N–H and O–H groups in total. The summed E-state index contributed by atoms with van der Waals surface area (Å²) in [5, 5.41) is 8.48. The van der Waals surface area contributed by atoms with Crippen LogP contribution in [0, 0.1) is 27.7 Å². The zero-order chi connectivity index (χ0) is 19.7. The van der Waals surface area contributed by atoms with Gasteiger partial charge >= 0.3 is 0 Å². The largest absolute Gasteiger partial charge is 0.497 e. The molecular formula is C21H26N4O2. The van der Waals surface area contributed by atoms with E-state index < -0.39 is 0 Å². The molecule has 0 aliphatic heterocycles. The molecule has 0 radical (unpaired) electrons. The highest BCUT2D eigenvalue weighted by Gasteiger charge is 2.16. The molecule has 0 fully saturated rings. The van der Waals surface area contributed by atoms with Crippen molar-refractivity contribution in [3.8, 4) is 5.75 Å². The van der Waals surface area contributed by atoms with E-state index in [4.69, 9.17) is 4.74 Å². The number of aryl methyl sites for hydroxylation is 2. The fourth-order valence-corrected chi connectivity index (χ4v) is 3.20. The first-order valence-electron chi connectivity index (χ1n) is 9.07. The van der Waals surface area contributed by atoms with Gasteiger partial charge in [0.15, 0.2) is 0 Å². The Morgan fingerprint density at radius 2 is 1.93 bits per heavy atom. The number of carbonyl (C=O) groups excluding carboxylic acids is 1. The third-order valence-electron chi connectivity index (χ3n) is 5.12. The second-order valence-electron chi connectivity index (χ2n) is 6.98. The van der Waals surface area contributed by atoms with Gasteiger partial charge in [-0.05, 0) is 64.4 Å². The summed E-state index contributed by atoms with van der Waals surface area (Å²) < 4.78 is 7.24. The summed E-state index contributed by atoms with van der Waals surface area (Å²) in [4.78, 5) is 17.3. The topological polar surface area (TPSA) is 69.0 Å². The molecule has 0 saturated carbocycles. The van der Waals surface area contributed by atoms with Crippen LogP contribution < -0.4 is 10.1 Å². The molecule has 27 heavy (non-hydrogen) atoms. The van der Waals surface area contributed by atoms with E-state index in [0.29, 0.717) is 17.8 Å². The quantitative estimate of drug-likeness (QED) is 0.748. The number of nitrogens with one attached hydrogen (secondary N) is 1. The fourth-order valence-electron chi connectivity index (χ4n) is 3.20. The van der Waals surface area contributed by atoms with Crippen molar-refractivity contribution in [1.29, 1.82) is 0 Å². The second-order valence-corrected chi connectivity index (χ2v) is 6.98. The Balaban J connectivity index is 1.79. The molecule has 3 rings (SSSR count). The van der Waals surface area contributed by atoms with Gasteiger partial charge in [-0.2, -0.15) is 5.10 Å². The SMILES string of the molecule is COc1ccc2nc(C)c(C(=O)NCC(C)n3nc(C)c(C)c3C)cc2c1. The first-order chi connectivity index (χ1) is 12.8. The Bertz CT molecular complexity index is 1010. The molecule has 1 unspecified atom stereocenters. The number of ether oxygens (including phenoxy) is 1. The number of carbonyl (C=O) groups is 1. The van der Waals surface area contributed by atoms with Crippen LogP contribution in [0.3, 0.4) is 0 Å². The molecule has 0 saturated heterocycles. The molecule has 1 atom stereocenters. The lowest BCUT2D eigenvalue weighted by Gasteiger charge is -2.16. The third kappa shape index (κ3) is 3.65. The van der Waals surface area contributed by atoms with E-state index in [9.17, 15) is 4.79 Å². The number of pyridine rings is 1. The highest BCUT2D eigenvalue weighted by atomic mass is 16.5. The Morgan fingerprint density at radius 3 is 2.56 bits per heavy atom. The summed E-state index contributed by atoms with van der Waals surface area (Å²) in [6.07, 6.45) is 0. The molecule has 0 spiro atoms. The zero-order valence-electron chi connectivity index (χ0n) is 16.8. The van der Waals surface area contributed by atoms with Gasteiger partial charge in [0.05, 0.1) is 35.6 Å². The number of fused-ring (bicyclic) bond motifs is 1. The summed E-state index contributed by atoms with van der Waals surface area (Å²) in [5.41, 5.74) is 5.47. The number of nitrogens with zero attached hydrogens (tertiary/aromatic N) is 3. The minimum Gasteiger partial charge on any atom is -0.497 e. The van der Waals surface area contributed by atoms with Crippen LogP contribution in [0.5, 0.6) is 5.75 Å². The van der Waals surface area contributed by atoms with Gasteiger partial charge in [-0.25, -0.2) is 0 Å². The van der Waals surface area contributed by atoms with Gasteiger partial charge in [-0.1, -0.05) is 0 Å². The molecule has 0 aliphatic rings. The smallest absolute Gasteiger partial charge is 0.253 e. The molecule has 6 nitrogen and oxygen atoms in total. The van der Waals surface area contributed by atoms with E-state index in [1.54, 1.807) is 7.11 Å². The van der Waals surface area contributed by atoms with Crippen LogP contribution in [0.25, 0.3) is 10.9 Å². The summed E-state index contributed by atoms with van der Waals surface area (Å²) >= 11 is 0. The molecule has 2 aromatic heterocycles. The van der Waals surface area contributed by atoms with Crippen LogP contribution in [-0.2, 0) is 0 Å². The molecular weight excluding hydrogens is 340 g/mol. The van der Waals surface area contributed by atoms with Crippen LogP contribution in [0.4, 0.5) is 0 Å². The van der Waals surface area contributed by atoms with Gasteiger partial charge < -0.3 is 10.1 Å². The van der Waals surface area contributed by atoms with E-state index >= 15 is 0 Å². The van der Waals surface area contributed by atoms with E-state index in [1.165, 1.54) is 5.56 Å². The number of rotatable bonds is 5. The standard InChI is InChI=1S/C21H26N4O2/c1-12(25-16(5)13(2)14(3)24-25)11-22-21(26)19-10-17-9-18(27-6)7-8-20(17)23-15(19)4/h7-10,12H,11H2,1-6H3,(H,22,26). The van der Waals surface area contributed by atoms with Crippen molar-refractivity contribution in [1.82, 2.24) is 20.1 Å². The van der Waals surface area contributed by atoms with Crippen LogP contribution in [-0.4, -0.2) is 34.3 Å². The minimum atomic E-state index is -0.130. The second kappa shape index (κ2) is 7.39. The fraction of sp³-hybridized carbons (Fsp3) is 0.381. The molecule has 1 amide bonds. The molecule has 0 aliphatic carbocycles. The van der Waals surface area contributed by atoms with Crippen LogP contribution >= 0.6 is 0 Å². The van der Waals surface area contributed by atoms with Gasteiger partial charge in [0.1, 0.15) is 5.75 Å². The highest BCUT2D eigenvalue weighted by molar-refractivity contribution is 5.98. The van der Waals surface area contributed by atoms with Crippen LogP contribution in [0.15, 0.2) is 24.3 Å². The van der Waals surface area contributed by atoms with Gasteiger partial charge in [-0.3, -0.25) is 14.5 Å². The zero-order valence-corrected chi connectivity index (χ0v) is 16.8. The molecule has 6 heteroatoms. The lowest BCUT2D eigenvalue weighted by atomic mass is 10.1. The average molecular weight is 366 g/mol. The van der Waals surface area contributed by atoms with Crippen molar-refractivity contribution >= 4 is 16.8 Å². The Hall–Kier alpha value is -2.89. The van der Waals surface area contributed by atoms with E-state index in [1.807, 2.05) is 42.8 Å². The van der Waals surface area contributed by atoms with E-state index in [2.05, 4.69) is 36.2 Å². The third-order valence-corrected chi connectivity index (χ3v) is 5.12. The molecule has 1 aromatic carbocycles. The maximum atomic E-state index is 12.7. The lowest BCUT2D eigenvalue weighted by Crippen LogP contribution is -2.31. The number of amides is 1. The van der Waals surface area contributed by atoms with Gasteiger partial charge in [-0.15, -0.1) is 0 Å².